The molecule has 0 bridgehead atoms. The molecule has 1 unspecified atom stereocenters. The maximum absolute atomic E-state index is 12.8. The lowest BCUT2D eigenvalue weighted by atomic mass is 9.72. The summed E-state index contributed by atoms with van der Waals surface area (Å²) in [5.74, 6) is 0.506. The number of carbonyl (C=O) groups excluding carboxylic acids is 2. The first kappa shape index (κ1) is 19.4. The van der Waals surface area contributed by atoms with Crippen molar-refractivity contribution in [3.8, 4) is 0 Å². The van der Waals surface area contributed by atoms with Gasteiger partial charge in [0.2, 0.25) is 11.8 Å². The van der Waals surface area contributed by atoms with E-state index in [0.29, 0.717) is 12.8 Å². The number of carbonyl (C=O) groups is 2. The Morgan fingerprint density at radius 1 is 1.21 bits per heavy atom. The Morgan fingerprint density at radius 3 is 2.71 bits per heavy atom. The Hall–Kier alpha value is -1.88. The van der Waals surface area contributed by atoms with Gasteiger partial charge in [-0.05, 0) is 55.6 Å². The van der Waals surface area contributed by atoms with Gasteiger partial charge in [0.25, 0.3) is 0 Å². The van der Waals surface area contributed by atoms with Crippen LogP contribution in [0.3, 0.4) is 0 Å². The SMILES string of the molecule is Cc1ccccc1CC(=O)N1CCC2(CCC(=O)N(CC3CCCO3)C2)CC1. The van der Waals surface area contributed by atoms with Crippen molar-refractivity contribution < 1.29 is 14.3 Å². The highest BCUT2D eigenvalue weighted by atomic mass is 16.5. The molecule has 0 N–H and O–H groups in total. The van der Waals surface area contributed by atoms with E-state index in [9.17, 15) is 9.59 Å². The summed E-state index contributed by atoms with van der Waals surface area (Å²) in [4.78, 5) is 29.3. The third kappa shape index (κ3) is 4.24. The molecule has 0 saturated carbocycles. The van der Waals surface area contributed by atoms with Crippen LogP contribution in [0.5, 0.6) is 0 Å². The van der Waals surface area contributed by atoms with E-state index < -0.39 is 0 Å². The molecule has 1 spiro atoms. The van der Waals surface area contributed by atoms with E-state index >= 15 is 0 Å². The number of nitrogens with zero attached hydrogens (tertiary/aromatic N) is 2. The quantitative estimate of drug-likeness (QED) is 0.802. The van der Waals surface area contributed by atoms with Crippen molar-refractivity contribution in [2.45, 2.75) is 58.0 Å². The van der Waals surface area contributed by atoms with Gasteiger partial charge in [0.15, 0.2) is 0 Å². The summed E-state index contributed by atoms with van der Waals surface area (Å²) in [6.45, 7) is 6.10. The lowest BCUT2D eigenvalue weighted by molar-refractivity contribution is -0.143. The molecule has 5 heteroatoms. The largest absolute Gasteiger partial charge is 0.376 e. The topological polar surface area (TPSA) is 49.9 Å². The molecule has 1 aromatic rings. The van der Waals surface area contributed by atoms with E-state index in [-0.39, 0.29) is 23.3 Å². The number of rotatable bonds is 4. The summed E-state index contributed by atoms with van der Waals surface area (Å²) >= 11 is 0. The number of hydrogen-bond donors (Lipinski definition) is 0. The number of ether oxygens (including phenoxy) is 1. The molecule has 0 aliphatic carbocycles. The number of hydrogen-bond acceptors (Lipinski definition) is 3. The van der Waals surface area contributed by atoms with Gasteiger partial charge in [0.05, 0.1) is 12.5 Å². The zero-order valence-electron chi connectivity index (χ0n) is 17.0. The van der Waals surface area contributed by atoms with Crippen molar-refractivity contribution in [2.24, 2.45) is 5.41 Å². The van der Waals surface area contributed by atoms with Crippen LogP contribution in [0.15, 0.2) is 24.3 Å². The summed E-state index contributed by atoms with van der Waals surface area (Å²) in [6, 6.07) is 8.13. The van der Waals surface area contributed by atoms with Crippen molar-refractivity contribution in [3.63, 3.8) is 0 Å². The van der Waals surface area contributed by atoms with Crippen molar-refractivity contribution >= 4 is 11.8 Å². The smallest absolute Gasteiger partial charge is 0.226 e. The summed E-state index contributed by atoms with van der Waals surface area (Å²) < 4.78 is 5.75. The lowest BCUT2D eigenvalue weighted by Crippen LogP contribution is -2.53. The molecule has 3 aliphatic heterocycles. The second-order valence-corrected chi connectivity index (χ2v) is 8.89. The molecule has 5 nitrogen and oxygen atoms in total. The minimum absolute atomic E-state index is 0.186. The molecule has 152 valence electrons. The van der Waals surface area contributed by atoms with E-state index in [1.54, 1.807) is 0 Å². The monoisotopic (exact) mass is 384 g/mol. The third-order valence-electron chi connectivity index (χ3n) is 6.98. The van der Waals surface area contributed by atoms with Crippen LogP contribution in [0.2, 0.25) is 0 Å². The van der Waals surface area contributed by atoms with E-state index in [0.717, 1.165) is 70.5 Å². The zero-order valence-corrected chi connectivity index (χ0v) is 17.0. The van der Waals surface area contributed by atoms with E-state index in [4.69, 9.17) is 4.74 Å². The van der Waals surface area contributed by atoms with E-state index in [1.807, 2.05) is 28.0 Å². The molecule has 1 atom stereocenters. The lowest BCUT2D eigenvalue weighted by Gasteiger charge is -2.47. The van der Waals surface area contributed by atoms with Crippen LogP contribution < -0.4 is 0 Å². The maximum Gasteiger partial charge on any atom is 0.226 e. The first-order valence-corrected chi connectivity index (χ1v) is 10.8. The summed E-state index contributed by atoms with van der Waals surface area (Å²) in [7, 11) is 0. The Labute approximate surface area is 168 Å². The van der Waals surface area contributed by atoms with Crippen molar-refractivity contribution in [2.75, 3.05) is 32.8 Å². The molecular weight excluding hydrogens is 352 g/mol. The fourth-order valence-corrected chi connectivity index (χ4v) is 5.02. The van der Waals surface area contributed by atoms with E-state index in [1.165, 1.54) is 5.56 Å². The van der Waals surface area contributed by atoms with Crippen LogP contribution in [-0.2, 0) is 20.7 Å². The minimum Gasteiger partial charge on any atom is -0.376 e. The first-order valence-electron chi connectivity index (χ1n) is 10.8. The molecular formula is C23H32N2O3. The van der Waals surface area contributed by atoms with Crippen molar-refractivity contribution in [3.05, 3.63) is 35.4 Å². The van der Waals surface area contributed by atoms with E-state index in [2.05, 4.69) is 13.0 Å². The Bertz CT molecular complexity index is 718. The Morgan fingerprint density at radius 2 is 2.00 bits per heavy atom. The molecule has 0 aromatic heterocycles. The molecule has 1 aromatic carbocycles. The highest BCUT2D eigenvalue weighted by molar-refractivity contribution is 5.79. The van der Waals surface area contributed by atoms with Crippen LogP contribution in [0.1, 0.15) is 49.7 Å². The van der Waals surface area contributed by atoms with Gasteiger partial charge in [-0.2, -0.15) is 0 Å². The zero-order chi connectivity index (χ0) is 19.6. The highest BCUT2D eigenvalue weighted by Gasteiger charge is 2.42. The number of likely N-dealkylation sites (tertiary alicyclic amines) is 2. The minimum atomic E-state index is 0.186. The molecule has 3 aliphatic rings. The van der Waals surface area contributed by atoms with Gasteiger partial charge in [0.1, 0.15) is 0 Å². The third-order valence-corrected chi connectivity index (χ3v) is 6.98. The van der Waals surface area contributed by atoms with Crippen LogP contribution in [0, 0.1) is 12.3 Å². The number of aryl methyl sites for hydroxylation is 1. The predicted molar refractivity (Wildman–Crippen MR) is 108 cm³/mol. The summed E-state index contributed by atoms with van der Waals surface area (Å²) in [5, 5.41) is 0. The van der Waals surface area contributed by atoms with Crippen LogP contribution in [0.25, 0.3) is 0 Å². The van der Waals surface area contributed by atoms with Crippen LogP contribution in [0.4, 0.5) is 0 Å². The fraction of sp³-hybridized carbons (Fsp3) is 0.652. The first-order chi connectivity index (χ1) is 13.5. The van der Waals surface area contributed by atoms with Crippen LogP contribution in [-0.4, -0.2) is 60.5 Å². The van der Waals surface area contributed by atoms with Gasteiger partial charge in [-0.1, -0.05) is 24.3 Å². The average molecular weight is 385 g/mol. The molecule has 2 amide bonds. The fourth-order valence-electron chi connectivity index (χ4n) is 5.02. The van der Waals surface area contributed by atoms with Gasteiger partial charge in [-0.15, -0.1) is 0 Å². The van der Waals surface area contributed by atoms with Gasteiger partial charge >= 0.3 is 0 Å². The van der Waals surface area contributed by atoms with Gasteiger partial charge in [-0.3, -0.25) is 9.59 Å². The van der Waals surface area contributed by atoms with Crippen molar-refractivity contribution in [1.29, 1.82) is 0 Å². The average Bonchev–Trinajstić information content (AvgIpc) is 3.20. The standard InChI is InChI=1S/C23H32N2O3/c1-18-5-2-3-6-19(18)15-22(27)24-12-10-23(11-13-24)9-8-21(26)25(17-23)16-20-7-4-14-28-20/h2-3,5-6,20H,4,7-17H2,1H3. The second-order valence-electron chi connectivity index (χ2n) is 8.89. The van der Waals surface area contributed by atoms with Gasteiger partial charge in [0, 0.05) is 39.2 Å². The Kier molecular flexibility index (Phi) is 5.72. The predicted octanol–water partition coefficient (Wildman–Crippen LogP) is 2.95. The molecule has 0 radical (unpaired) electrons. The number of piperidine rings is 2. The maximum atomic E-state index is 12.8. The van der Waals surface area contributed by atoms with Crippen LogP contribution >= 0.6 is 0 Å². The summed E-state index contributed by atoms with van der Waals surface area (Å²) in [5.41, 5.74) is 2.49. The summed E-state index contributed by atoms with van der Waals surface area (Å²) in [6.07, 6.45) is 6.49. The molecule has 3 saturated heterocycles. The molecule has 3 heterocycles. The van der Waals surface area contributed by atoms with Gasteiger partial charge in [-0.25, -0.2) is 0 Å². The number of amides is 2. The molecule has 4 rings (SSSR count). The Balaban J connectivity index is 1.33. The molecule has 28 heavy (non-hydrogen) atoms. The van der Waals surface area contributed by atoms with Crippen molar-refractivity contribution in [1.82, 2.24) is 9.80 Å². The highest BCUT2D eigenvalue weighted by Crippen LogP contribution is 2.40. The second kappa shape index (κ2) is 8.24. The normalized spacial score (nSPS) is 24.8. The number of benzene rings is 1. The van der Waals surface area contributed by atoms with Gasteiger partial charge < -0.3 is 14.5 Å². The molecule has 3 fully saturated rings.